The molecule has 0 spiro atoms. The fourth-order valence-electron chi connectivity index (χ4n) is 2.14. The van der Waals surface area contributed by atoms with Gasteiger partial charge >= 0.3 is 5.69 Å². The van der Waals surface area contributed by atoms with Crippen LogP contribution in [-0.2, 0) is 16.7 Å². The predicted octanol–water partition coefficient (Wildman–Crippen LogP) is 1.37. The van der Waals surface area contributed by atoms with Crippen LogP contribution < -0.4 is 5.69 Å². The number of fused-ring (bicyclic) bond motifs is 1. The summed E-state index contributed by atoms with van der Waals surface area (Å²) in [5.74, 6) is 0. The number of nitrogens with zero attached hydrogens (tertiary/aromatic N) is 4. The van der Waals surface area contributed by atoms with E-state index in [0.717, 1.165) is 18.5 Å². The van der Waals surface area contributed by atoms with Crippen LogP contribution in [0.25, 0.3) is 5.65 Å². The first-order chi connectivity index (χ1) is 10.8. The summed E-state index contributed by atoms with van der Waals surface area (Å²) < 4.78 is 8.02. The minimum atomic E-state index is -0.749. The Balaban J connectivity index is 2.13. The molecule has 0 radical (unpaired) electrons. The van der Waals surface area contributed by atoms with Gasteiger partial charge in [-0.2, -0.15) is 9.61 Å². The Bertz CT molecular complexity index is 699. The first-order valence-corrected chi connectivity index (χ1v) is 8.04. The van der Waals surface area contributed by atoms with Gasteiger partial charge in [-0.15, -0.1) is 0 Å². The van der Waals surface area contributed by atoms with E-state index in [4.69, 9.17) is 4.74 Å². The summed E-state index contributed by atoms with van der Waals surface area (Å²) >= 11 is 0. The summed E-state index contributed by atoms with van der Waals surface area (Å²) in [5, 5.41) is 14.3. The Labute approximate surface area is 135 Å². The summed E-state index contributed by atoms with van der Waals surface area (Å²) in [7, 11) is 0. The van der Waals surface area contributed by atoms with Crippen molar-refractivity contribution in [2.24, 2.45) is 0 Å². The molecule has 0 saturated carbocycles. The normalized spacial score (nSPS) is 13.6. The SMILES string of the molecule is CCCCOCC(O)Cn1cnc2cc(C(C)(C)C)nn2c1=O. The van der Waals surface area contributed by atoms with E-state index in [2.05, 4.69) is 17.0 Å². The molecule has 128 valence electrons. The first kappa shape index (κ1) is 17.6. The van der Waals surface area contributed by atoms with E-state index < -0.39 is 6.10 Å². The van der Waals surface area contributed by atoms with Gasteiger partial charge in [-0.3, -0.25) is 4.57 Å². The average Bonchev–Trinajstić information content (AvgIpc) is 2.92. The molecule has 1 N–H and O–H groups in total. The molecule has 2 heterocycles. The highest BCUT2D eigenvalue weighted by Gasteiger charge is 2.19. The molecule has 1 unspecified atom stereocenters. The van der Waals surface area contributed by atoms with Gasteiger partial charge in [-0.25, -0.2) is 9.78 Å². The molecular formula is C16H26N4O3. The molecule has 2 aromatic heterocycles. The zero-order valence-corrected chi connectivity index (χ0v) is 14.3. The summed E-state index contributed by atoms with van der Waals surface area (Å²) in [6, 6.07) is 1.82. The Morgan fingerprint density at radius 1 is 1.39 bits per heavy atom. The van der Waals surface area contributed by atoms with Crippen LogP contribution in [0.2, 0.25) is 0 Å². The molecule has 0 fully saturated rings. The van der Waals surface area contributed by atoms with Crippen LogP contribution in [0.15, 0.2) is 17.2 Å². The number of aliphatic hydroxyl groups is 1. The smallest absolute Gasteiger partial charge is 0.351 e. The predicted molar refractivity (Wildman–Crippen MR) is 87.7 cm³/mol. The van der Waals surface area contributed by atoms with E-state index in [1.54, 1.807) is 0 Å². The van der Waals surface area contributed by atoms with Crippen LogP contribution in [0.3, 0.4) is 0 Å². The van der Waals surface area contributed by atoms with Gasteiger partial charge in [0, 0.05) is 18.1 Å². The molecule has 2 rings (SSSR count). The third-order valence-electron chi connectivity index (χ3n) is 3.58. The van der Waals surface area contributed by atoms with Gasteiger partial charge in [-0.05, 0) is 6.42 Å². The molecule has 0 aliphatic heterocycles. The molecule has 0 bridgehead atoms. The summed E-state index contributed by atoms with van der Waals surface area (Å²) in [5.41, 5.74) is 0.865. The summed E-state index contributed by atoms with van der Waals surface area (Å²) in [6.45, 7) is 9.14. The maximum atomic E-state index is 12.5. The second-order valence-electron chi connectivity index (χ2n) is 6.81. The van der Waals surface area contributed by atoms with Crippen LogP contribution in [-0.4, -0.2) is 43.6 Å². The van der Waals surface area contributed by atoms with Crippen LogP contribution in [0.5, 0.6) is 0 Å². The lowest BCUT2D eigenvalue weighted by Gasteiger charge is -2.13. The number of aliphatic hydroxyl groups excluding tert-OH is 1. The molecular weight excluding hydrogens is 296 g/mol. The zero-order chi connectivity index (χ0) is 17.0. The van der Waals surface area contributed by atoms with E-state index in [1.165, 1.54) is 15.4 Å². The van der Waals surface area contributed by atoms with Crippen molar-refractivity contribution in [3.63, 3.8) is 0 Å². The Morgan fingerprint density at radius 2 is 2.13 bits per heavy atom. The molecule has 0 aliphatic carbocycles. The van der Waals surface area contributed by atoms with Crippen molar-refractivity contribution in [2.45, 2.75) is 58.6 Å². The Hall–Kier alpha value is -1.73. The number of hydrogen-bond acceptors (Lipinski definition) is 5. The monoisotopic (exact) mass is 322 g/mol. The highest BCUT2D eigenvalue weighted by molar-refractivity contribution is 5.39. The zero-order valence-electron chi connectivity index (χ0n) is 14.3. The highest BCUT2D eigenvalue weighted by atomic mass is 16.5. The summed E-state index contributed by atoms with van der Waals surface area (Å²) in [6.07, 6.45) is 2.71. The van der Waals surface area contributed by atoms with Crippen LogP contribution in [0, 0.1) is 0 Å². The second-order valence-corrected chi connectivity index (χ2v) is 6.81. The summed E-state index contributed by atoms with van der Waals surface area (Å²) in [4.78, 5) is 16.7. The largest absolute Gasteiger partial charge is 0.389 e. The first-order valence-electron chi connectivity index (χ1n) is 8.04. The van der Waals surface area contributed by atoms with Crippen LogP contribution in [0.4, 0.5) is 0 Å². The number of hydrogen-bond donors (Lipinski definition) is 1. The minimum absolute atomic E-state index is 0.138. The number of rotatable bonds is 7. The van der Waals surface area contributed by atoms with Gasteiger partial charge in [0.05, 0.1) is 24.9 Å². The Morgan fingerprint density at radius 3 is 2.78 bits per heavy atom. The molecule has 0 amide bonds. The van der Waals surface area contributed by atoms with Gasteiger partial charge in [0.1, 0.15) is 6.33 Å². The molecule has 7 heteroatoms. The fourth-order valence-corrected chi connectivity index (χ4v) is 2.14. The van der Waals surface area contributed by atoms with Crippen molar-refractivity contribution < 1.29 is 9.84 Å². The van der Waals surface area contributed by atoms with Crippen LogP contribution in [0.1, 0.15) is 46.2 Å². The lowest BCUT2D eigenvalue weighted by molar-refractivity contribution is 0.0262. The maximum absolute atomic E-state index is 12.5. The molecule has 2 aromatic rings. The third-order valence-corrected chi connectivity index (χ3v) is 3.58. The molecule has 23 heavy (non-hydrogen) atoms. The molecule has 7 nitrogen and oxygen atoms in total. The van der Waals surface area contributed by atoms with E-state index >= 15 is 0 Å². The fraction of sp³-hybridized carbons (Fsp3) is 0.688. The molecule has 0 aromatic carbocycles. The van der Waals surface area contributed by atoms with Crippen molar-refractivity contribution in [1.82, 2.24) is 19.2 Å². The van der Waals surface area contributed by atoms with Gasteiger partial charge in [0.15, 0.2) is 5.65 Å². The number of unbranched alkanes of at least 4 members (excludes halogenated alkanes) is 1. The quantitative estimate of drug-likeness (QED) is 0.779. The van der Waals surface area contributed by atoms with Crippen molar-refractivity contribution in [2.75, 3.05) is 13.2 Å². The van der Waals surface area contributed by atoms with E-state index in [1.807, 2.05) is 26.8 Å². The van der Waals surface area contributed by atoms with Crippen LogP contribution >= 0.6 is 0 Å². The standard InChI is InChI=1S/C16H26N4O3/c1-5-6-7-23-10-12(21)9-19-11-17-14-8-13(16(2,3)4)18-20(14)15(19)22/h8,11-12,21H,5-7,9-10H2,1-4H3. The van der Waals surface area contributed by atoms with Gasteiger partial charge < -0.3 is 9.84 Å². The van der Waals surface area contributed by atoms with Crippen molar-refractivity contribution in [3.8, 4) is 0 Å². The lowest BCUT2D eigenvalue weighted by Crippen LogP contribution is -2.33. The van der Waals surface area contributed by atoms with Crippen molar-refractivity contribution >= 4 is 5.65 Å². The third kappa shape index (κ3) is 4.39. The lowest BCUT2D eigenvalue weighted by atomic mass is 9.93. The minimum Gasteiger partial charge on any atom is -0.389 e. The highest BCUT2D eigenvalue weighted by Crippen LogP contribution is 2.20. The molecule has 1 atom stereocenters. The van der Waals surface area contributed by atoms with E-state index in [-0.39, 0.29) is 24.3 Å². The van der Waals surface area contributed by atoms with Gasteiger partial charge in [0.25, 0.3) is 0 Å². The molecule has 0 aliphatic rings. The maximum Gasteiger partial charge on any atom is 0.351 e. The van der Waals surface area contributed by atoms with Crippen molar-refractivity contribution in [3.05, 3.63) is 28.6 Å². The Kier molecular flexibility index (Phi) is 5.54. The van der Waals surface area contributed by atoms with E-state index in [0.29, 0.717) is 12.3 Å². The van der Waals surface area contributed by atoms with Gasteiger partial charge in [0.2, 0.25) is 0 Å². The average molecular weight is 322 g/mol. The topological polar surface area (TPSA) is 81.7 Å². The second kappa shape index (κ2) is 7.23. The van der Waals surface area contributed by atoms with E-state index in [9.17, 15) is 9.90 Å². The number of ether oxygens (including phenoxy) is 1. The van der Waals surface area contributed by atoms with Crippen molar-refractivity contribution in [1.29, 1.82) is 0 Å². The molecule has 0 saturated heterocycles. The van der Waals surface area contributed by atoms with Gasteiger partial charge in [-0.1, -0.05) is 34.1 Å². The number of aromatic nitrogens is 4.